The average Bonchev–Trinajstić information content (AvgIpc) is 1.87. The van der Waals surface area contributed by atoms with Gasteiger partial charge in [-0.25, -0.2) is 0 Å². The predicted molar refractivity (Wildman–Crippen MR) is 53.3 cm³/mol. The van der Waals surface area contributed by atoms with Crippen molar-refractivity contribution in [3.63, 3.8) is 0 Å². The van der Waals surface area contributed by atoms with Crippen LogP contribution in [-0.2, 0) is 0 Å². The maximum Gasteiger partial charge on any atom is 0.0504 e. The summed E-state index contributed by atoms with van der Waals surface area (Å²) in [6.45, 7) is 5.64. The van der Waals surface area contributed by atoms with Crippen LogP contribution in [0.4, 0.5) is 0 Å². The molecule has 0 bridgehead atoms. The summed E-state index contributed by atoms with van der Waals surface area (Å²) < 4.78 is 0.941. The van der Waals surface area contributed by atoms with Crippen molar-refractivity contribution in [3.05, 3.63) is 21.8 Å². The molecule has 3 heteroatoms. The van der Waals surface area contributed by atoms with Crippen LogP contribution in [0.1, 0.15) is 6.92 Å². The van der Waals surface area contributed by atoms with Gasteiger partial charge in [-0.15, -0.1) is 37.0 Å². The van der Waals surface area contributed by atoms with Crippen LogP contribution in [0.2, 0.25) is 0 Å². The molecule has 9 heavy (non-hydrogen) atoms. The van der Waals surface area contributed by atoms with Gasteiger partial charge in [0.2, 0.25) is 0 Å². The molecule has 0 fully saturated rings. The van der Waals surface area contributed by atoms with E-state index in [0.717, 1.165) is 14.9 Å². The van der Waals surface area contributed by atoms with Gasteiger partial charge in [0.1, 0.15) is 0 Å². The van der Waals surface area contributed by atoms with Crippen molar-refractivity contribution >= 4 is 37.0 Å². The van der Waals surface area contributed by atoms with E-state index >= 15 is 0 Å². The molecule has 52 valence electrons. The number of hydrogen-bond acceptors (Lipinski definition) is 3. The van der Waals surface area contributed by atoms with Gasteiger partial charge in [0.25, 0.3) is 0 Å². The van der Waals surface area contributed by atoms with Crippen molar-refractivity contribution in [3.8, 4) is 0 Å². The maximum atomic E-state index is 4.18. The summed E-state index contributed by atoms with van der Waals surface area (Å²) in [5, 5.41) is 0. The van der Waals surface area contributed by atoms with Gasteiger partial charge in [-0.05, 0) is 5.75 Å². The number of thioether (sulfide) groups is 1. The van der Waals surface area contributed by atoms with Gasteiger partial charge >= 0.3 is 0 Å². The van der Waals surface area contributed by atoms with Crippen LogP contribution < -0.4 is 0 Å². The lowest BCUT2D eigenvalue weighted by Gasteiger charge is -1.96. The molecule has 0 heterocycles. The molecule has 0 radical (unpaired) electrons. The second kappa shape index (κ2) is 5.33. The topological polar surface area (TPSA) is 0 Å². The first-order valence-electron chi connectivity index (χ1n) is 2.59. The lowest BCUT2D eigenvalue weighted by atomic mass is 10.6. The smallest absolute Gasteiger partial charge is 0.0504 e. The fourth-order valence-electron chi connectivity index (χ4n) is 0.298. The van der Waals surface area contributed by atoms with E-state index in [9.17, 15) is 0 Å². The van der Waals surface area contributed by atoms with Gasteiger partial charge in [-0.3, -0.25) is 0 Å². The summed E-state index contributed by atoms with van der Waals surface area (Å²) in [6.07, 6.45) is 1.69. The minimum Gasteiger partial charge on any atom is -0.142 e. The van der Waals surface area contributed by atoms with E-state index in [2.05, 4.69) is 38.8 Å². The first kappa shape index (κ1) is 9.53. The van der Waals surface area contributed by atoms with Crippen LogP contribution >= 0.6 is 37.0 Å². The van der Waals surface area contributed by atoms with Crippen molar-refractivity contribution < 1.29 is 0 Å². The fourth-order valence-corrected chi connectivity index (χ4v) is 1.47. The minimum absolute atomic E-state index is 0.852. The molecule has 0 aliphatic carbocycles. The van der Waals surface area contributed by atoms with Gasteiger partial charge in [-0.2, -0.15) is 0 Å². The van der Waals surface area contributed by atoms with Crippen LogP contribution in [-0.4, -0.2) is 5.75 Å². The summed E-state index contributed by atoms with van der Waals surface area (Å²) in [5.41, 5.74) is 0. The Morgan fingerprint density at radius 1 is 1.67 bits per heavy atom. The molecule has 0 N–H and O–H groups in total. The van der Waals surface area contributed by atoms with Crippen molar-refractivity contribution in [2.24, 2.45) is 0 Å². The highest BCUT2D eigenvalue weighted by Crippen LogP contribution is 2.25. The maximum absolute atomic E-state index is 4.18. The molecule has 0 saturated heterocycles. The number of allylic oxidation sites excluding steroid dienone is 1. The second-order valence-electron chi connectivity index (χ2n) is 1.33. The molecule has 0 unspecified atom stereocenters. The van der Waals surface area contributed by atoms with Crippen molar-refractivity contribution in [1.29, 1.82) is 0 Å². The minimum atomic E-state index is 0.852. The van der Waals surface area contributed by atoms with Crippen molar-refractivity contribution in [2.75, 3.05) is 5.75 Å². The Balaban J connectivity index is 3.93. The Hall–Kier alpha value is 0.530. The molecule has 0 aliphatic heterocycles. The molecule has 0 rings (SSSR count). The molecule has 0 aliphatic rings. The first-order valence-corrected chi connectivity index (χ1v) is 4.47. The standard InChI is InChI=1S/C6H10S3/c1-3-5(7)6(8)9-4-2/h3,7-8H,1,4H2,2H3/b6-5+. The Labute approximate surface area is 71.6 Å². The Kier molecular flexibility index (Phi) is 5.64. The van der Waals surface area contributed by atoms with E-state index in [0.29, 0.717) is 0 Å². The molecule has 0 aromatic heterocycles. The van der Waals surface area contributed by atoms with E-state index in [1.54, 1.807) is 17.8 Å². The molecular formula is C6H10S3. The number of rotatable bonds is 3. The SMILES string of the molecule is C=C/C(S)=C(/S)SCC. The Morgan fingerprint density at radius 2 is 2.22 bits per heavy atom. The summed E-state index contributed by atoms with van der Waals surface area (Å²) in [7, 11) is 0. The quantitative estimate of drug-likeness (QED) is 0.495. The van der Waals surface area contributed by atoms with E-state index in [4.69, 9.17) is 0 Å². The zero-order chi connectivity index (χ0) is 7.28. The number of hydrogen-bond donors (Lipinski definition) is 2. The third-order valence-electron chi connectivity index (χ3n) is 0.694. The molecule has 0 amide bonds. The van der Waals surface area contributed by atoms with Gasteiger partial charge in [0.05, 0.1) is 4.24 Å². The highest BCUT2D eigenvalue weighted by molar-refractivity contribution is 8.16. The normalized spacial score (nSPS) is 12.8. The zero-order valence-corrected chi connectivity index (χ0v) is 7.90. The monoisotopic (exact) mass is 178 g/mol. The van der Waals surface area contributed by atoms with Crippen LogP contribution in [0.25, 0.3) is 0 Å². The Bertz CT molecular complexity index is 126. The van der Waals surface area contributed by atoms with Gasteiger partial charge < -0.3 is 0 Å². The Morgan fingerprint density at radius 3 is 2.56 bits per heavy atom. The lowest BCUT2D eigenvalue weighted by molar-refractivity contribution is 1.53. The first-order chi connectivity index (χ1) is 4.22. The highest BCUT2D eigenvalue weighted by atomic mass is 32.2. The van der Waals surface area contributed by atoms with Crippen LogP contribution in [0.5, 0.6) is 0 Å². The van der Waals surface area contributed by atoms with Gasteiger partial charge in [0.15, 0.2) is 0 Å². The second-order valence-corrected chi connectivity index (χ2v) is 3.83. The van der Waals surface area contributed by atoms with E-state index < -0.39 is 0 Å². The number of thiol groups is 2. The van der Waals surface area contributed by atoms with Crippen molar-refractivity contribution in [1.82, 2.24) is 0 Å². The summed E-state index contributed by atoms with van der Waals surface area (Å²) in [6, 6.07) is 0. The molecular weight excluding hydrogens is 168 g/mol. The fraction of sp³-hybridized carbons (Fsp3) is 0.333. The van der Waals surface area contributed by atoms with Gasteiger partial charge in [0, 0.05) is 4.91 Å². The van der Waals surface area contributed by atoms with E-state index in [1.807, 2.05) is 0 Å². The van der Waals surface area contributed by atoms with Crippen LogP contribution in [0.15, 0.2) is 21.8 Å². The van der Waals surface area contributed by atoms with E-state index in [-0.39, 0.29) is 0 Å². The molecule has 0 aromatic rings. The largest absolute Gasteiger partial charge is 0.142 e. The van der Waals surface area contributed by atoms with E-state index in [1.165, 1.54) is 0 Å². The third-order valence-corrected chi connectivity index (χ3v) is 2.84. The molecule has 0 saturated carbocycles. The molecule has 0 aromatic carbocycles. The molecule has 0 spiro atoms. The van der Waals surface area contributed by atoms with Crippen molar-refractivity contribution in [2.45, 2.75) is 6.92 Å². The predicted octanol–water partition coefficient (Wildman–Crippen LogP) is 2.95. The molecule has 0 nitrogen and oxygen atoms in total. The van der Waals surface area contributed by atoms with Crippen LogP contribution in [0.3, 0.4) is 0 Å². The van der Waals surface area contributed by atoms with Gasteiger partial charge in [-0.1, -0.05) is 19.6 Å². The zero-order valence-electron chi connectivity index (χ0n) is 5.29. The average molecular weight is 178 g/mol. The summed E-state index contributed by atoms with van der Waals surface area (Å²) in [5.74, 6) is 1.02. The summed E-state index contributed by atoms with van der Waals surface area (Å²) in [4.78, 5) is 0.852. The highest BCUT2D eigenvalue weighted by Gasteiger charge is 1.91. The molecule has 0 atom stereocenters. The van der Waals surface area contributed by atoms with Crippen LogP contribution in [0, 0.1) is 0 Å². The lowest BCUT2D eigenvalue weighted by Crippen LogP contribution is -1.69. The summed E-state index contributed by atoms with van der Waals surface area (Å²) >= 11 is 9.96. The third kappa shape index (κ3) is 4.00.